The van der Waals surface area contributed by atoms with Crippen LogP contribution in [-0.4, -0.2) is 17.5 Å². The fraction of sp³-hybridized carbons (Fsp3) is 0.0625. The lowest BCUT2D eigenvalue weighted by Gasteiger charge is -2.12. The lowest BCUT2D eigenvalue weighted by molar-refractivity contribution is -0.131. The van der Waals surface area contributed by atoms with E-state index in [0.717, 1.165) is 5.39 Å². The van der Waals surface area contributed by atoms with Crippen LogP contribution in [0.3, 0.4) is 0 Å². The maximum atomic E-state index is 11.9. The molecule has 4 heteroatoms. The van der Waals surface area contributed by atoms with Gasteiger partial charge in [-0.15, -0.1) is 0 Å². The summed E-state index contributed by atoms with van der Waals surface area (Å²) in [5, 5.41) is 1.39. The predicted octanol–water partition coefficient (Wildman–Crippen LogP) is 2.70. The zero-order valence-corrected chi connectivity index (χ0v) is 10.7. The fourth-order valence-electron chi connectivity index (χ4n) is 2.28. The van der Waals surface area contributed by atoms with Gasteiger partial charge < -0.3 is 4.74 Å². The first-order valence-corrected chi connectivity index (χ1v) is 6.08. The molecule has 0 heterocycles. The number of allylic oxidation sites excluding steroid dienone is 2. The molecule has 0 aromatic heterocycles. The molecule has 3 rings (SSSR count). The van der Waals surface area contributed by atoms with Crippen molar-refractivity contribution in [2.75, 3.05) is 0 Å². The van der Waals surface area contributed by atoms with E-state index in [4.69, 9.17) is 4.74 Å². The van der Waals surface area contributed by atoms with Crippen LogP contribution in [0.4, 0.5) is 0 Å². The van der Waals surface area contributed by atoms with Crippen molar-refractivity contribution in [3.8, 4) is 5.75 Å². The summed E-state index contributed by atoms with van der Waals surface area (Å²) in [6, 6.07) is 8.45. The van der Waals surface area contributed by atoms with E-state index in [0.29, 0.717) is 22.3 Å². The van der Waals surface area contributed by atoms with E-state index >= 15 is 0 Å². The van der Waals surface area contributed by atoms with Gasteiger partial charge in [-0.3, -0.25) is 14.4 Å². The van der Waals surface area contributed by atoms with E-state index in [2.05, 4.69) is 0 Å². The number of ether oxygens (including phenoxy) is 1. The Bertz CT molecular complexity index is 799. The van der Waals surface area contributed by atoms with Crippen LogP contribution in [0, 0.1) is 0 Å². The molecule has 0 bridgehead atoms. The number of carbonyl (C=O) groups is 3. The number of benzene rings is 2. The SMILES string of the molecule is CC(=O)Oc1cccc2cc3c(cc12)C(=O)C=CC3=O. The van der Waals surface area contributed by atoms with E-state index in [1.165, 1.54) is 19.1 Å². The van der Waals surface area contributed by atoms with Crippen molar-refractivity contribution in [2.45, 2.75) is 6.92 Å². The van der Waals surface area contributed by atoms with E-state index in [9.17, 15) is 14.4 Å². The van der Waals surface area contributed by atoms with Crippen LogP contribution < -0.4 is 4.74 Å². The Morgan fingerprint density at radius 3 is 2.30 bits per heavy atom. The molecule has 0 radical (unpaired) electrons. The maximum Gasteiger partial charge on any atom is 0.308 e. The molecule has 4 nitrogen and oxygen atoms in total. The van der Waals surface area contributed by atoms with Gasteiger partial charge in [-0.1, -0.05) is 12.1 Å². The Balaban J connectivity index is 2.29. The summed E-state index contributed by atoms with van der Waals surface area (Å²) in [5.41, 5.74) is 0.717. The third-order valence-electron chi connectivity index (χ3n) is 3.15. The second kappa shape index (κ2) is 4.42. The van der Waals surface area contributed by atoms with Crippen molar-refractivity contribution in [1.29, 1.82) is 0 Å². The van der Waals surface area contributed by atoms with Gasteiger partial charge in [0, 0.05) is 23.4 Å². The second-order valence-corrected chi connectivity index (χ2v) is 4.53. The molecule has 0 spiro atoms. The third kappa shape index (κ3) is 1.91. The molecule has 2 aromatic carbocycles. The first-order chi connectivity index (χ1) is 9.56. The molecule has 1 aliphatic carbocycles. The minimum Gasteiger partial charge on any atom is -0.426 e. The number of carbonyl (C=O) groups excluding carboxylic acids is 3. The molecule has 2 aromatic rings. The molecule has 1 aliphatic rings. The Hall–Kier alpha value is -2.75. The quantitative estimate of drug-likeness (QED) is 0.588. The molecule has 0 fully saturated rings. The Morgan fingerprint density at radius 1 is 1.00 bits per heavy atom. The van der Waals surface area contributed by atoms with Crippen LogP contribution in [0.1, 0.15) is 27.6 Å². The van der Waals surface area contributed by atoms with Crippen molar-refractivity contribution >= 4 is 28.3 Å². The van der Waals surface area contributed by atoms with E-state index < -0.39 is 5.97 Å². The highest BCUT2D eigenvalue weighted by molar-refractivity contribution is 6.23. The third-order valence-corrected chi connectivity index (χ3v) is 3.15. The zero-order valence-electron chi connectivity index (χ0n) is 10.7. The van der Waals surface area contributed by atoms with Gasteiger partial charge in [0.15, 0.2) is 11.6 Å². The zero-order chi connectivity index (χ0) is 14.3. The van der Waals surface area contributed by atoms with E-state index in [1.54, 1.807) is 30.3 Å². The molecule has 0 unspecified atom stereocenters. The van der Waals surface area contributed by atoms with Crippen LogP contribution >= 0.6 is 0 Å². The summed E-state index contributed by atoms with van der Waals surface area (Å²) >= 11 is 0. The second-order valence-electron chi connectivity index (χ2n) is 4.53. The highest BCUT2D eigenvalue weighted by Crippen LogP contribution is 2.30. The summed E-state index contributed by atoms with van der Waals surface area (Å²) in [6.07, 6.45) is 2.53. The number of hydrogen-bond acceptors (Lipinski definition) is 4. The number of rotatable bonds is 1. The molecule has 0 N–H and O–H groups in total. The van der Waals surface area contributed by atoms with Crippen molar-refractivity contribution in [3.63, 3.8) is 0 Å². The van der Waals surface area contributed by atoms with Crippen molar-refractivity contribution in [2.24, 2.45) is 0 Å². The maximum absolute atomic E-state index is 11.9. The Labute approximate surface area is 114 Å². The molecule has 20 heavy (non-hydrogen) atoms. The smallest absolute Gasteiger partial charge is 0.308 e. The van der Waals surface area contributed by atoms with Gasteiger partial charge in [0.1, 0.15) is 5.75 Å². The average molecular weight is 266 g/mol. The summed E-state index contributed by atoms with van der Waals surface area (Å²) in [7, 11) is 0. The summed E-state index contributed by atoms with van der Waals surface area (Å²) in [5.74, 6) is -0.469. The molecule has 0 saturated heterocycles. The van der Waals surface area contributed by atoms with Gasteiger partial charge >= 0.3 is 5.97 Å². The van der Waals surface area contributed by atoms with Gasteiger partial charge in [-0.25, -0.2) is 0 Å². The van der Waals surface area contributed by atoms with Crippen molar-refractivity contribution in [1.82, 2.24) is 0 Å². The van der Waals surface area contributed by atoms with Crippen LogP contribution in [-0.2, 0) is 4.79 Å². The van der Waals surface area contributed by atoms with Gasteiger partial charge in [-0.05, 0) is 35.7 Å². The van der Waals surface area contributed by atoms with Crippen LogP contribution in [0.25, 0.3) is 10.8 Å². The van der Waals surface area contributed by atoms with Gasteiger partial charge in [0.2, 0.25) is 0 Å². The average Bonchev–Trinajstić information content (AvgIpc) is 2.41. The number of ketones is 2. The van der Waals surface area contributed by atoms with Crippen molar-refractivity contribution in [3.05, 3.63) is 53.6 Å². The normalized spacial score (nSPS) is 13.4. The molecule has 0 saturated carbocycles. The lowest BCUT2D eigenvalue weighted by Crippen LogP contribution is -2.11. The molecule has 0 aliphatic heterocycles. The minimum absolute atomic E-state index is 0.195. The largest absolute Gasteiger partial charge is 0.426 e. The highest BCUT2D eigenvalue weighted by atomic mass is 16.5. The van der Waals surface area contributed by atoms with E-state index in [-0.39, 0.29) is 11.6 Å². The first kappa shape index (κ1) is 12.3. The van der Waals surface area contributed by atoms with Crippen LogP contribution in [0.15, 0.2) is 42.5 Å². The number of esters is 1. The topological polar surface area (TPSA) is 60.4 Å². The number of hydrogen-bond donors (Lipinski definition) is 0. The minimum atomic E-state index is -0.433. The fourth-order valence-corrected chi connectivity index (χ4v) is 2.28. The number of fused-ring (bicyclic) bond motifs is 2. The van der Waals surface area contributed by atoms with Crippen LogP contribution in [0.5, 0.6) is 5.75 Å². The summed E-state index contributed by atoms with van der Waals surface area (Å²) < 4.78 is 5.13. The highest BCUT2D eigenvalue weighted by Gasteiger charge is 2.20. The van der Waals surface area contributed by atoms with Crippen LogP contribution in [0.2, 0.25) is 0 Å². The monoisotopic (exact) mass is 266 g/mol. The lowest BCUT2D eigenvalue weighted by atomic mass is 9.91. The van der Waals surface area contributed by atoms with E-state index in [1.807, 2.05) is 0 Å². The van der Waals surface area contributed by atoms with Gasteiger partial charge in [-0.2, -0.15) is 0 Å². The molecule has 0 amide bonds. The molecule has 98 valence electrons. The van der Waals surface area contributed by atoms with Crippen molar-refractivity contribution < 1.29 is 19.1 Å². The standard InChI is InChI=1S/C16H10O4/c1-9(17)20-16-4-2-3-10-7-12-13(8-11(10)16)15(19)6-5-14(12)18/h2-8H,1H3. The first-order valence-electron chi connectivity index (χ1n) is 6.08. The van der Waals surface area contributed by atoms with Gasteiger partial charge in [0.25, 0.3) is 0 Å². The Morgan fingerprint density at radius 2 is 1.65 bits per heavy atom. The summed E-state index contributed by atoms with van der Waals surface area (Å²) in [6.45, 7) is 1.31. The van der Waals surface area contributed by atoms with Gasteiger partial charge in [0.05, 0.1) is 0 Å². The Kier molecular flexibility index (Phi) is 2.71. The predicted molar refractivity (Wildman–Crippen MR) is 73.1 cm³/mol. The molecule has 0 atom stereocenters. The summed E-state index contributed by atoms with van der Waals surface area (Å²) in [4.78, 5) is 34.8. The molecular weight excluding hydrogens is 256 g/mol. The molecular formula is C16H10O4.